The molecule has 1 aliphatic carbocycles. The van der Waals surface area contributed by atoms with Crippen molar-refractivity contribution in [1.29, 1.82) is 0 Å². The van der Waals surface area contributed by atoms with Crippen LogP contribution in [0.2, 0.25) is 0 Å². The van der Waals surface area contributed by atoms with Crippen LogP contribution in [0.4, 0.5) is 10.5 Å². The van der Waals surface area contributed by atoms with Crippen LogP contribution in [0, 0.1) is 5.92 Å². The average Bonchev–Trinajstić information content (AvgIpc) is 3.32. The fourth-order valence-electron chi connectivity index (χ4n) is 6.31. The van der Waals surface area contributed by atoms with Gasteiger partial charge in [0.1, 0.15) is 5.82 Å². The molecular formula is C30H36N4O5. The van der Waals surface area contributed by atoms with Crippen LogP contribution in [0.15, 0.2) is 42.5 Å². The summed E-state index contributed by atoms with van der Waals surface area (Å²) in [6.45, 7) is 3.53. The van der Waals surface area contributed by atoms with Crippen LogP contribution in [0.25, 0.3) is 11.0 Å². The minimum atomic E-state index is -0.740. The minimum Gasteiger partial charge on any atom is -0.481 e. The number of aryl methyl sites for hydroxylation is 1. The maximum Gasteiger partial charge on any atom is 0.414 e. The Morgan fingerprint density at radius 2 is 1.79 bits per heavy atom. The zero-order valence-corrected chi connectivity index (χ0v) is 22.7. The van der Waals surface area contributed by atoms with Gasteiger partial charge in [-0.25, -0.2) is 9.78 Å². The first kappa shape index (κ1) is 26.7. The topological polar surface area (TPSA) is 114 Å². The molecule has 2 aliphatic rings. The highest BCUT2D eigenvalue weighted by molar-refractivity contribution is 5.95. The van der Waals surface area contributed by atoms with Gasteiger partial charge in [-0.1, -0.05) is 30.3 Å². The molecule has 206 valence electrons. The molecule has 2 amide bonds. The second-order valence-electron chi connectivity index (χ2n) is 10.8. The van der Waals surface area contributed by atoms with Gasteiger partial charge in [0.15, 0.2) is 0 Å². The second-order valence-corrected chi connectivity index (χ2v) is 10.8. The number of hydrogen-bond donors (Lipinski definition) is 2. The van der Waals surface area contributed by atoms with Crippen molar-refractivity contribution in [3.8, 4) is 0 Å². The van der Waals surface area contributed by atoms with E-state index in [-0.39, 0.29) is 30.0 Å². The van der Waals surface area contributed by atoms with Crippen LogP contribution in [0.3, 0.4) is 0 Å². The Kier molecular flexibility index (Phi) is 7.59. The first-order chi connectivity index (χ1) is 18.8. The molecule has 1 saturated carbocycles. The maximum atomic E-state index is 12.7. The predicted molar refractivity (Wildman–Crippen MR) is 148 cm³/mol. The Bertz CT molecular complexity index is 1380. The van der Waals surface area contributed by atoms with E-state index in [9.17, 15) is 19.5 Å². The number of amides is 2. The van der Waals surface area contributed by atoms with Crippen molar-refractivity contribution in [2.75, 3.05) is 12.0 Å². The normalized spacial score (nSPS) is 21.7. The molecule has 0 bridgehead atoms. The van der Waals surface area contributed by atoms with Crippen molar-refractivity contribution < 1.29 is 24.2 Å². The number of aromatic nitrogens is 2. The van der Waals surface area contributed by atoms with E-state index in [0.717, 1.165) is 59.4 Å². The third-order valence-corrected chi connectivity index (χ3v) is 8.24. The number of hydrogen-bond acceptors (Lipinski definition) is 5. The van der Waals surface area contributed by atoms with Crippen LogP contribution in [0.1, 0.15) is 75.0 Å². The van der Waals surface area contributed by atoms with Gasteiger partial charge in [-0.15, -0.1) is 0 Å². The van der Waals surface area contributed by atoms with Crippen molar-refractivity contribution in [3.05, 3.63) is 59.4 Å². The van der Waals surface area contributed by atoms with E-state index in [4.69, 9.17) is 9.72 Å². The highest BCUT2D eigenvalue weighted by atomic mass is 16.5. The third kappa shape index (κ3) is 5.22. The molecule has 1 aliphatic heterocycles. The quantitative estimate of drug-likeness (QED) is 0.452. The van der Waals surface area contributed by atoms with Gasteiger partial charge in [-0.05, 0) is 69.6 Å². The molecule has 2 aromatic carbocycles. The fraction of sp³-hybridized carbons (Fsp3) is 0.467. The molecule has 1 aromatic heterocycles. The lowest BCUT2D eigenvalue weighted by Gasteiger charge is -2.34. The summed E-state index contributed by atoms with van der Waals surface area (Å²) >= 11 is 0. The van der Waals surface area contributed by atoms with Gasteiger partial charge in [-0.2, -0.15) is 0 Å². The second kappa shape index (κ2) is 11.1. The summed E-state index contributed by atoms with van der Waals surface area (Å²) in [6, 6.07) is 13.7. The van der Waals surface area contributed by atoms with Crippen molar-refractivity contribution >= 4 is 34.7 Å². The van der Waals surface area contributed by atoms with Crippen molar-refractivity contribution in [2.24, 2.45) is 5.92 Å². The molecule has 0 radical (unpaired) electrons. The van der Waals surface area contributed by atoms with Crippen molar-refractivity contribution in [1.82, 2.24) is 14.9 Å². The summed E-state index contributed by atoms with van der Waals surface area (Å²) in [6.07, 6.45) is 4.37. The molecule has 2 N–H and O–H groups in total. The summed E-state index contributed by atoms with van der Waals surface area (Å²) in [4.78, 5) is 43.6. The van der Waals surface area contributed by atoms with E-state index in [1.165, 1.54) is 14.0 Å². The average molecular weight is 533 g/mol. The number of carbonyl (C=O) groups excluding carboxylic acids is 2. The van der Waals surface area contributed by atoms with Gasteiger partial charge in [-0.3, -0.25) is 14.5 Å². The zero-order valence-electron chi connectivity index (χ0n) is 22.7. The number of ether oxygens (including phenoxy) is 1. The van der Waals surface area contributed by atoms with Crippen LogP contribution in [-0.4, -0.2) is 45.8 Å². The molecule has 9 heteroatoms. The molecule has 39 heavy (non-hydrogen) atoms. The minimum absolute atomic E-state index is 0.000427. The molecule has 9 nitrogen and oxygen atoms in total. The number of benzene rings is 2. The molecule has 1 fully saturated rings. The third-order valence-electron chi connectivity index (χ3n) is 8.24. The lowest BCUT2D eigenvalue weighted by molar-refractivity contribution is -0.143. The highest BCUT2D eigenvalue weighted by Gasteiger charge is 2.35. The standard InChI is InChI=1S/C30H36N4O5/c1-18-9-14-23-25(33(18)30(38)39-3)15-16-26-27(23)32-28(34(26)22-12-10-21(11-13-22)29(36)37)24(31-19(2)35)17-20-7-5-4-6-8-20/h4-8,15-16,18,21-22,24H,9-14,17H2,1-3H3,(H,31,35)(H,36,37)/t18-,21?,22?,24+/m0/s1. The number of imidazole rings is 1. The first-order valence-electron chi connectivity index (χ1n) is 13.7. The van der Waals surface area contributed by atoms with Gasteiger partial charge < -0.3 is 19.7 Å². The Hall–Kier alpha value is -3.88. The molecule has 0 saturated heterocycles. The number of nitrogens with zero attached hydrogens (tertiary/aromatic N) is 3. The number of rotatable bonds is 6. The number of fused-ring (bicyclic) bond motifs is 3. The summed E-state index contributed by atoms with van der Waals surface area (Å²) in [5.74, 6) is -0.454. The summed E-state index contributed by atoms with van der Waals surface area (Å²) in [5, 5.41) is 12.7. The lowest BCUT2D eigenvalue weighted by atomic mass is 9.85. The number of carboxylic acid groups (broad SMARTS) is 1. The van der Waals surface area contributed by atoms with Crippen LogP contribution in [-0.2, 0) is 27.2 Å². The number of carbonyl (C=O) groups is 3. The van der Waals surface area contributed by atoms with Gasteiger partial charge in [0.2, 0.25) is 5.91 Å². The SMILES string of the molecule is COC(=O)N1c2ccc3c(nc([C@@H](Cc4ccccc4)NC(C)=O)n3C3CCC(C(=O)O)CC3)c2CC[C@@H]1C. The number of methoxy groups -OCH3 is 1. The summed E-state index contributed by atoms with van der Waals surface area (Å²) in [5.41, 5.74) is 4.66. The first-order valence-corrected chi connectivity index (χ1v) is 13.7. The highest BCUT2D eigenvalue weighted by Crippen LogP contribution is 2.41. The smallest absolute Gasteiger partial charge is 0.414 e. The molecule has 5 rings (SSSR count). The molecule has 0 spiro atoms. The predicted octanol–water partition coefficient (Wildman–Crippen LogP) is 5.18. The van der Waals surface area contributed by atoms with Gasteiger partial charge in [0.05, 0.1) is 35.8 Å². The van der Waals surface area contributed by atoms with E-state index in [0.29, 0.717) is 19.3 Å². The van der Waals surface area contributed by atoms with Crippen LogP contribution >= 0.6 is 0 Å². The van der Waals surface area contributed by atoms with E-state index in [1.807, 2.05) is 49.4 Å². The number of aliphatic carboxylic acids is 1. The zero-order chi connectivity index (χ0) is 27.7. The largest absolute Gasteiger partial charge is 0.481 e. The number of nitrogens with one attached hydrogen (secondary N) is 1. The Balaban J connectivity index is 1.66. The Labute approximate surface area is 228 Å². The summed E-state index contributed by atoms with van der Waals surface area (Å²) in [7, 11) is 1.39. The van der Waals surface area contributed by atoms with Crippen LogP contribution in [0.5, 0.6) is 0 Å². The molecule has 2 heterocycles. The molecule has 3 aromatic rings. The van der Waals surface area contributed by atoms with Gasteiger partial charge in [0, 0.05) is 24.6 Å². The Morgan fingerprint density at radius 1 is 1.08 bits per heavy atom. The van der Waals surface area contributed by atoms with E-state index >= 15 is 0 Å². The van der Waals surface area contributed by atoms with Crippen molar-refractivity contribution in [3.63, 3.8) is 0 Å². The molecule has 2 atom stereocenters. The molecular weight excluding hydrogens is 496 g/mol. The van der Waals surface area contributed by atoms with E-state index < -0.39 is 12.1 Å². The Morgan fingerprint density at radius 3 is 2.44 bits per heavy atom. The fourth-order valence-corrected chi connectivity index (χ4v) is 6.31. The van der Waals surface area contributed by atoms with Gasteiger partial charge >= 0.3 is 12.1 Å². The van der Waals surface area contributed by atoms with E-state index in [2.05, 4.69) is 9.88 Å². The number of anilines is 1. The monoisotopic (exact) mass is 532 g/mol. The summed E-state index contributed by atoms with van der Waals surface area (Å²) < 4.78 is 7.33. The lowest BCUT2D eigenvalue weighted by Crippen LogP contribution is -2.42. The number of carboxylic acids is 1. The maximum absolute atomic E-state index is 12.7. The van der Waals surface area contributed by atoms with Crippen LogP contribution < -0.4 is 10.2 Å². The molecule has 0 unspecified atom stereocenters. The van der Waals surface area contributed by atoms with Gasteiger partial charge in [0.25, 0.3) is 0 Å². The van der Waals surface area contributed by atoms with Crippen molar-refractivity contribution in [2.45, 2.75) is 76.9 Å². The van der Waals surface area contributed by atoms with E-state index in [1.54, 1.807) is 4.90 Å².